The van der Waals surface area contributed by atoms with Crippen molar-refractivity contribution in [2.24, 2.45) is 11.3 Å². The third kappa shape index (κ3) is 3.03. The van der Waals surface area contributed by atoms with Crippen molar-refractivity contribution in [1.82, 2.24) is 24.6 Å². The number of hydrogen-bond acceptors (Lipinski definition) is 5. The number of piperidine rings is 1. The molecule has 7 heteroatoms. The van der Waals surface area contributed by atoms with Gasteiger partial charge in [0.15, 0.2) is 11.5 Å². The van der Waals surface area contributed by atoms with Gasteiger partial charge in [-0.05, 0) is 30.9 Å². The van der Waals surface area contributed by atoms with Crippen LogP contribution in [0.4, 0.5) is 0 Å². The molecule has 1 saturated heterocycles. The molecule has 1 N–H and O–H groups in total. The molecule has 24 heavy (non-hydrogen) atoms. The van der Waals surface area contributed by atoms with E-state index in [0.29, 0.717) is 30.5 Å². The second-order valence-corrected chi connectivity index (χ2v) is 6.75. The largest absolute Gasteiger partial charge is 0.396 e. The molecule has 1 aliphatic rings. The van der Waals surface area contributed by atoms with E-state index in [1.54, 1.807) is 40.3 Å². The summed E-state index contributed by atoms with van der Waals surface area (Å²) >= 11 is 0. The molecular formula is C17H23N5O2. The second-order valence-electron chi connectivity index (χ2n) is 6.75. The van der Waals surface area contributed by atoms with Crippen LogP contribution in [0.5, 0.6) is 0 Å². The lowest BCUT2D eigenvalue weighted by molar-refractivity contribution is 0.000415. The van der Waals surface area contributed by atoms with Gasteiger partial charge in [0.1, 0.15) is 6.33 Å². The number of carbonyl (C=O) groups is 1. The van der Waals surface area contributed by atoms with Crippen molar-refractivity contribution >= 4 is 5.91 Å². The van der Waals surface area contributed by atoms with Gasteiger partial charge in [0, 0.05) is 30.9 Å². The molecule has 1 aliphatic heterocycles. The van der Waals surface area contributed by atoms with Gasteiger partial charge >= 0.3 is 0 Å². The fourth-order valence-electron chi connectivity index (χ4n) is 3.25. The molecule has 1 amide bonds. The normalized spacial score (nSPS) is 21.2. The Morgan fingerprint density at radius 2 is 2.21 bits per heavy atom. The highest BCUT2D eigenvalue weighted by Gasteiger charge is 2.39. The zero-order valence-electron chi connectivity index (χ0n) is 14.1. The van der Waals surface area contributed by atoms with Crippen molar-refractivity contribution in [2.45, 2.75) is 26.7 Å². The maximum Gasteiger partial charge on any atom is 0.274 e. The Morgan fingerprint density at radius 1 is 1.38 bits per heavy atom. The van der Waals surface area contributed by atoms with Gasteiger partial charge in [-0.25, -0.2) is 4.98 Å². The molecule has 128 valence electrons. The zero-order valence-corrected chi connectivity index (χ0v) is 14.1. The number of aliphatic hydroxyl groups is 1. The number of rotatable bonds is 4. The van der Waals surface area contributed by atoms with E-state index in [9.17, 15) is 9.90 Å². The highest BCUT2D eigenvalue weighted by molar-refractivity contribution is 5.92. The maximum atomic E-state index is 12.7. The molecule has 0 aliphatic carbocycles. The lowest BCUT2D eigenvalue weighted by Crippen LogP contribution is -2.50. The van der Waals surface area contributed by atoms with Gasteiger partial charge in [0.25, 0.3) is 5.91 Å². The minimum Gasteiger partial charge on any atom is -0.396 e. The Morgan fingerprint density at radius 3 is 2.79 bits per heavy atom. The summed E-state index contributed by atoms with van der Waals surface area (Å²) in [7, 11) is 0. The van der Waals surface area contributed by atoms with Gasteiger partial charge in [-0.3, -0.25) is 9.36 Å². The third-order valence-electron chi connectivity index (χ3n) is 5.07. The lowest BCUT2D eigenvalue weighted by Gasteiger charge is -2.44. The Labute approximate surface area is 141 Å². The predicted molar refractivity (Wildman–Crippen MR) is 88.6 cm³/mol. The number of amides is 1. The molecule has 0 spiro atoms. The minimum absolute atomic E-state index is 0.0969. The summed E-state index contributed by atoms with van der Waals surface area (Å²) in [6.45, 7) is 5.55. The van der Waals surface area contributed by atoms with Crippen LogP contribution in [0.3, 0.4) is 0 Å². The van der Waals surface area contributed by atoms with E-state index >= 15 is 0 Å². The van der Waals surface area contributed by atoms with E-state index in [4.69, 9.17) is 0 Å². The van der Waals surface area contributed by atoms with Crippen LogP contribution in [0.1, 0.15) is 37.2 Å². The predicted octanol–water partition coefficient (Wildman–Crippen LogP) is 1.53. The number of aliphatic hydroxyl groups excluding tert-OH is 1. The number of hydrogen-bond donors (Lipinski definition) is 1. The van der Waals surface area contributed by atoms with E-state index in [0.717, 1.165) is 12.8 Å². The molecule has 3 rings (SSSR count). The van der Waals surface area contributed by atoms with Crippen molar-refractivity contribution < 1.29 is 9.90 Å². The standard InChI is InChI=1S/C17H23N5O2/c1-13(2)17(11-23)6-3-8-21(10-17)16(24)14-4-5-15(20-19-14)22-9-7-18-12-22/h4-5,7,9,12-13,23H,3,6,8,10-11H2,1-2H3. The van der Waals surface area contributed by atoms with Crippen molar-refractivity contribution in [3.63, 3.8) is 0 Å². The van der Waals surface area contributed by atoms with Crippen LogP contribution < -0.4 is 0 Å². The van der Waals surface area contributed by atoms with Crippen LogP contribution in [-0.4, -0.2) is 55.4 Å². The summed E-state index contributed by atoms with van der Waals surface area (Å²) in [6.07, 6.45) is 6.90. The number of carbonyl (C=O) groups excluding carboxylic acids is 1. The smallest absolute Gasteiger partial charge is 0.274 e. The average Bonchev–Trinajstić information content (AvgIpc) is 3.15. The molecule has 0 saturated carbocycles. The maximum absolute atomic E-state index is 12.7. The first-order valence-electron chi connectivity index (χ1n) is 8.28. The van der Waals surface area contributed by atoms with Gasteiger partial charge < -0.3 is 10.0 Å². The van der Waals surface area contributed by atoms with E-state index < -0.39 is 0 Å². The highest BCUT2D eigenvalue weighted by atomic mass is 16.3. The Hall–Kier alpha value is -2.28. The van der Waals surface area contributed by atoms with Crippen LogP contribution >= 0.6 is 0 Å². The first-order chi connectivity index (χ1) is 11.6. The second kappa shape index (κ2) is 6.68. The summed E-state index contributed by atoms with van der Waals surface area (Å²) < 4.78 is 1.73. The van der Waals surface area contributed by atoms with Gasteiger partial charge in [-0.2, -0.15) is 0 Å². The van der Waals surface area contributed by atoms with Crippen molar-refractivity contribution in [1.29, 1.82) is 0 Å². The van der Waals surface area contributed by atoms with E-state index in [1.165, 1.54) is 0 Å². The topological polar surface area (TPSA) is 84.1 Å². The Balaban J connectivity index is 1.76. The molecule has 1 unspecified atom stereocenters. The van der Waals surface area contributed by atoms with Crippen LogP contribution in [0, 0.1) is 11.3 Å². The quantitative estimate of drug-likeness (QED) is 0.919. The van der Waals surface area contributed by atoms with E-state index in [-0.39, 0.29) is 17.9 Å². The molecule has 1 fully saturated rings. The molecule has 3 heterocycles. The fourth-order valence-corrected chi connectivity index (χ4v) is 3.25. The average molecular weight is 329 g/mol. The van der Waals surface area contributed by atoms with E-state index in [1.807, 2.05) is 0 Å². The molecule has 7 nitrogen and oxygen atoms in total. The summed E-state index contributed by atoms with van der Waals surface area (Å²) in [4.78, 5) is 18.5. The summed E-state index contributed by atoms with van der Waals surface area (Å²) in [5.41, 5.74) is 0.106. The SMILES string of the molecule is CC(C)C1(CO)CCCN(C(=O)c2ccc(-n3ccnc3)nn2)C1. The molecule has 2 aromatic rings. The molecule has 2 aromatic heterocycles. The van der Waals surface area contributed by atoms with Crippen molar-refractivity contribution in [3.8, 4) is 5.82 Å². The molecular weight excluding hydrogens is 306 g/mol. The minimum atomic E-state index is -0.224. The Kier molecular flexibility index (Phi) is 4.62. The van der Waals surface area contributed by atoms with E-state index in [2.05, 4.69) is 29.0 Å². The van der Waals surface area contributed by atoms with Crippen molar-refractivity contribution in [2.75, 3.05) is 19.7 Å². The fraction of sp³-hybridized carbons (Fsp3) is 0.529. The van der Waals surface area contributed by atoms with Crippen LogP contribution in [0.15, 0.2) is 30.9 Å². The van der Waals surface area contributed by atoms with Gasteiger partial charge in [-0.1, -0.05) is 13.8 Å². The molecule has 0 aromatic carbocycles. The number of nitrogens with zero attached hydrogens (tertiary/aromatic N) is 5. The molecule has 0 bridgehead atoms. The zero-order chi connectivity index (χ0) is 17.2. The summed E-state index contributed by atoms with van der Waals surface area (Å²) in [5.74, 6) is 0.806. The number of likely N-dealkylation sites (tertiary alicyclic amines) is 1. The van der Waals surface area contributed by atoms with Gasteiger partial charge in [0.2, 0.25) is 0 Å². The summed E-state index contributed by atoms with van der Waals surface area (Å²) in [6, 6.07) is 3.45. The molecule has 0 radical (unpaired) electrons. The van der Waals surface area contributed by atoms with Crippen molar-refractivity contribution in [3.05, 3.63) is 36.5 Å². The molecule has 1 atom stereocenters. The third-order valence-corrected chi connectivity index (χ3v) is 5.07. The van der Waals surface area contributed by atoms with Gasteiger partial charge in [-0.15, -0.1) is 10.2 Å². The van der Waals surface area contributed by atoms with Crippen LogP contribution in [0.25, 0.3) is 5.82 Å². The number of aromatic nitrogens is 4. The first-order valence-corrected chi connectivity index (χ1v) is 8.28. The summed E-state index contributed by atoms with van der Waals surface area (Å²) in [5, 5.41) is 18.0. The number of imidazole rings is 1. The van der Waals surface area contributed by atoms with Gasteiger partial charge in [0.05, 0.1) is 6.61 Å². The first kappa shape index (κ1) is 16.6. The Bertz CT molecular complexity index is 684. The van der Waals surface area contributed by atoms with Crippen LogP contribution in [0.2, 0.25) is 0 Å². The monoisotopic (exact) mass is 329 g/mol. The van der Waals surface area contributed by atoms with Crippen LogP contribution in [-0.2, 0) is 0 Å². The lowest BCUT2D eigenvalue weighted by atomic mass is 9.72. The highest BCUT2D eigenvalue weighted by Crippen LogP contribution is 2.37.